The minimum atomic E-state index is -0.409. The molecule has 4 heterocycles. The minimum Gasteiger partial charge on any atom is -0.371 e. The van der Waals surface area contributed by atoms with E-state index < -0.39 is 5.82 Å². The molecule has 0 radical (unpaired) electrons. The Balaban J connectivity index is 1.27. The fourth-order valence-electron chi connectivity index (χ4n) is 5.54. The van der Waals surface area contributed by atoms with Gasteiger partial charge in [-0.1, -0.05) is 6.07 Å². The summed E-state index contributed by atoms with van der Waals surface area (Å²) < 4.78 is 24.4. The highest BCUT2D eigenvalue weighted by Gasteiger charge is 2.44. The van der Waals surface area contributed by atoms with Crippen molar-refractivity contribution in [1.82, 2.24) is 29.2 Å². The van der Waals surface area contributed by atoms with E-state index in [1.807, 2.05) is 32.9 Å². The molecule has 3 aromatic heterocycles. The van der Waals surface area contributed by atoms with Crippen molar-refractivity contribution in [3.05, 3.63) is 52.5 Å². The number of halogens is 1. The van der Waals surface area contributed by atoms with Gasteiger partial charge in [-0.2, -0.15) is 0 Å². The van der Waals surface area contributed by atoms with E-state index in [1.165, 1.54) is 30.1 Å². The number of imidazole rings is 1. The summed E-state index contributed by atoms with van der Waals surface area (Å²) in [6, 6.07) is 6.80. The number of hydrogen-bond acceptors (Lipinski definition) is 6. The first-order chi connectivity index (χ1) is 17.3. The largest absolute Gasteiger partial charge is 0.371 e. The van der Waals surface area contributed by atoms with Crippen LogP contribution in [0.25, 0.3) is 33.2 Å². The minimum absolute atomic E-state index is 0.0827. The molecule has 1 aliphatic carbocycles. The van der Waals surface area contributed by atoms with E-state index in [0.717, 1.165) is 24.1 Å². The fraction of sp³-hybridized carbons (Fsp3) is 0.481. The van der Waals surface area contributed by atoms with Gasteiger partial charge in [0.05, 0.1) is 23.9 Å². The van der Waals surface area contributed by atoms with Crippen LogP contribution in [-0.4, -0.2) is 55.5 Å². The number of aryl methyl sites for hydroxylation is 1. The van der Waals surface area contributed by atoms with E-state index in [0.29, 0.717) is 39.8 Å². The summed E-state index contributed by atoms with van der Waals surface area (Å²) in [6.07, 6.45) is 2.94. The van der Waals surface area contributed by atoms with Crippen LogP contribution in [0.2, 0.25) is 0 Å². The number of ether oxygens (including phenoxy) is 1. The van der Waals surface area contributed by atoms with E-state index in [1.54, 1.807) is 23.9 Å². The second kappa shape index (κ2) is 8.74. The van der Waals surface area contributed by atoms with Gasteiger partial charge in [0.25, 0.3) is 0 Å². The Labute approximate surface area is 208 Å². The normalized spacial score (nSPS) is 20.5. The average molecular weight is 491 g/mol. The van der Waals surface area contributed by atoms with Crippen LogP contribution in [0.15, 0.2) is 35.3 Å². The Hall–Kier alpha value is -3.17. The first-order valence-electron chi connectivity index (χ1n) is 12.7. The molecule has 1 aromatic carbocycles. The molecular formula is C27H31FN6O2. The molecule has 0 spiro atoms. The van der Waals surface area contributed by atoms with Gasteiger partial charge in [-0.3, -0.25) is 14.1 Å². The first kappa shape index (κ1) is 23.2. The highest BCUT2D eigenvalue weighted by molar-refractivity contribution is 6.02. The highest BCUT2D eigenvalue weighted by atomic mass is 19.1. The zero-order valence-electron chi connectivity index (χ0n) is 21.1. The van der Waals surface area contributed by atoms with Crippen LogP contribution in [0, 0.1) is 17.7 Å². The van der Waals surface area contributed by atoms with Gasteiger partial charge in [-0.05, 0) is 51.2 Å². The van der Waals surface area contributed by atoms with Crippen LogP contribution in [0.1, 0.15) is 45.0 Å². The molecule has 1 saturated carbocycles. The van der Waals surface area contributed by atoms with Crippen LogP contribution < -0.4 is 5.69 Å². The zero-order chi connectivity index (χ0) is 25.1. The molecule has 0 amide bonds. The monoisotopic (exact) mass is 490 g/mol. The van der Waals surface area contributed by atoms with E-state index in [2.05, 4.69) is 20.1 Å². The summed E-state index contributed by atoms with van der Waals surface area (Å²) in [5, 5.41) is 9.06. The quantitative estimate of drug-likeness (QED) is 0.388. The molecule has 36 heavy (non-hydrogen) atoms. The number of piperidine rings is 1. The number of likely N-dealkylation sites (tertiary alicyclic amines) is 1. The van der Waals surface area contributed by atoms with Crippen molar-refractivity contribution in [3.8, 4) is 11.1 Å². The van der Waals surface area contributed by atoms with Gasteiger partial charge in [0.2, 0.25) is 0 Å². The first-order valence-corrected chi connectivity index (χ1v) is 12.7. The molecule has 2 unspecified atom stereocenters. The summed E-state index contributed by atoms with van der Waals surface area (Å²) in [5.74, 6) is 1.44. The number of rotatable bonds is 7. The lowest BCUT2D eigenvalue weighted by Crippen LogP contribution is -2.27. The number of nitrogens with zero attached hydrogens (tertiary/aromatic N) is 6. The van der Waals surface area contributed by atoms with Crippen molar-refractivity contribution >= 4 is 22.1 Å². The van der Waals surface area contributed by atoms with Crippen LogP contribution in [0.5, 0.6) is 0 Å². The molecule has 0 bridgehead atoms. The second-order valence-electron chi connectivity index (χ2n) is 10.5. The van der Waals surface area contributed by atoms with Crippen molar-refractivity contribution in [3.63, 3.8) is 0 Å². The molecule has 4 aromatic rings. The smallest absolute Gasteiger partial charge is 0.330 e. The maximum absolute atomic E-state index is 15.2. The molecule has 6 rings (SSSR count). The second-order valence-corrected chi connectivity index (χ2v) is 10.5. The Kier molecular flexibility index (Phi) is 5.64. The third-order valence-electron chi connectivity index (χ3n) is 7.72. The lowest BCUT2D eigenvalue weighted by atomic mass is 10.0. The SMILES string of the molecule is CC(C)n1c(=O)n(C)c2nnc3cc(F)c(-c4ccc([C@@H](C)OCCN5CC6CC6C5)nc4)cc3c21. The standard InChI is InChI=1S/C27H31FN6O2/c1-15(2)34-25-21-10-20(22(28)11-24(21)30-31-26(25)32(4)27(34)35)17-5-6-23(29-12-17)16(3)36-8-7-33-13-18-9-19(18)14-33/h5-6,10-12,15-16,18-19H,7-9,13-14H2,1-4H3/t16-,18?,19?/m1/s1. The fourth-order valence-corrected chi connectivity index (χ4v) is 5.54. The molecular weight excluding hydrogens is 459 g/mol. The van der Waals surface area contributed by atoms with Crippen molar-refractivity contribution in [2.75, 3.05) is 26.2 Å². The Morgan fingerprint density at radius 3 is 2.61 bits per heavy atom. The van der Waals surface area contributed by atoms with Gasteiger partial charge in [0.1, 0.15) is 11.3 Å². The Morgan fingerprint density at radius 1 is 1.14 bits per heavy atom. The van der Waals surface area contributed by atoms with Crippen LogP contribution in [-0.2, 0) is 11.8 Å². The molecule has 188 valence electrons. The lowest BCUT2D eigenvalue weighted by Gasteiger charge is -2.19. The molecule has 3 atom stereocenters. The zero-order valence-corrected chi connectivity index (χ0v) is 21.1. The summed E-state index contributed by atoms with van der Waals surface area (Å²) in [6.45, 7) is 9.93. The molecule has 0 N–H and O–H groups in total. The molecule has 2 aliphatic rings. The summed E-state index contributed by atoms with van der Waals surface area (Å²) in [4.78, 5) is 19.9. The lowest BCUT2D eigenvalue weighted by molar-refractivity contribution is 0.0474. The van der Waals surface area contributed by atoms with Crippen molar-refractivity contribution in [1.29, 1.82) is 0 Å². The van der Waals surface area contributed by atoms with Crippen LogP contribution >= 0.6 is 0 Å². The molecule has 1 saturated heterocycles. The molecule has 1 aliphatic heterocycles. The van der Waals surface area contributed by atoms with Crippen molar-refractivity contribution in [2.24, 2.45) is 18.9 Å². The van der Waals surface area contributed by atoms with Crippen molar-refractivity contribution < 1.29 is 9.13 Å². The van der Waals surface area contributed by atoms with E-state index in [4.69, 9.17) is 4.74 Å². The topological polar surface area (TPSA) is 78.1 Å². The van der Waals surface area contributed by atoms with Gasteiger partial charge in [-0.15, -0.1) is 10.2 Å². The van der Waals surface area contributed by atoms with E-state index in [9.17, 15) is 4.79 Å². The van der Waals surface area contributed by atoms with Crippen LogP contribution in [0.3, 0.4) is 0 Å². The average Bonchev–Trinajstić information content (AvgIpc) is 3.38. The number of hydrogen-bond donors (Lipinski definition) is 0. The third kappa shape index (κ3) is 3.90. The summed E-state index contributed by atoms with van der Waals surface area (Å²) in [7, 11) is 1.67. The molecule has 8 nitrogen and oxygen atoms in total. The van der Waals surface area contributed by atoms with E-state index >= 15 is 4.39 Å². The van der Waals surface area contributed by atoms with Crippen LogP contribution in [0.4, 0.5) is 4.39 Å². The van der Waals surface area contributed by atoms with Crippen molar-refractivity contribution in [2.45, 2.75) is 39.3 Å². The highest BCUT2D eigenvalue weighted by Crippen LogP contribution is 2.44. The summed E-state index contributed by atoms with van der Waals surface area (Å²) >= 11 is 0. The Bertz CT molecular complexity index is 1500. The molecule has 9 heteroatoms. The molecule has 2 fully saturated rings. The predicted octanol–water partition coefficient (Wildman–Crippen LogP) is 4.09. The number of benzene rings is 1. The van der Waals surface area contributed by atoms with Gasteiger partial charge in [-0.25, -0.2) is 9.18 Å². The predicted molar refractivity (Wildman–Crippen MR) is 136 cm³/mol. The third-order valence-corrected chi connectivity index (χ3v) is 7.72. The van der Waals surface area contributed by atoms with Gasteiger partial charge < -0.3 is 9.64 Å². The van der Waals surface area contributed by atoms with E-state index in [-0.39, 0.29) is 17.8 Å². The Morgan fingerprint density at radius 2 is 1.92 bits per heavy atom. The van der Waals surface area contributed by atoms with Gasteiger partial charge in [0, 0.05) is 61.5 Å². The maximum Gasteiger partial charge on any atom is 0.330 e. The maximum atomic E-state index is 15.2. The van der Waals surface area contributed by atoms with Gasteiger partial charge in [0.15, 0.2) is 5.65 Å². The number of aromatic nitrogens is 5. The van der Waals surface area contributed by atoms with Gasteiger partial charge >= 0.3 is 5.69 Å². The number of pyridine rings is 1. The number of fused-ring (bicyclic) bond motifs is 4. The summed E-state index contributed by atoms with van der Waals surface area (Å²) in [5.41, 5.74) is 3.24.